The molecule has 1 fully saturated rings. The van der Waals surface area contributed by atoms with Crippen molar-refractivity contribution in [3.63, 3.8) is 0 Å². The normalized spacial score (nSPS) is 13.9. The van der Waals surface area contributed by atoms with Crippen molar-refractivity contribution in [3.8, 4) is 0 Å². The SMILES string of the molecule is CC(C)c1cc(Nc2cccc(C(F)(F)F)c2F)ncc1CNCC1CCC1.O=CO. The van der Waals surface area contributed by atoms with Crippen molar-refractivity contribution in [2.24, 2.45) is 5.92 Å². The minimum atomic E-state index is -4.74. The van der Waals surface area contributed by atoms with Gasteiger partial charge in [-0.2, -0.15) is 13.2 Å². The summed E-state index contributed by atoms with van der Waals surface area (Å²) < 4.78 is 53.0. The summed E-state index contributed by atoms with van der Waals surface area (Å²) in [5.41, 5.74) is 0.543. The molecule has 1 heterocycles. The maximum atomic E-state index is 14.3. The van der Waals surface area contributed by atoms with Gasteiger partial charge in [-0.25, -0.2) is 9.37 Å². The second-order valence-corrected chi connectivity index (χ2v) is 7.75. The number of benzene rings is 1. The van der Waals surface area contributed by atoms with Gasteiger partial charge in [0.2, 0.25) is 0 Å². The lowest BCUT2D eigenvalue weighted by atomic mass is 9.85. The Morgan fingerprint density at radius 2 is 1.97 bits per heavy atom. The van der Waals surface area contributed by atoms with Crippen molar-refractivity contribution in [1.82, 2.24) is 10.3 Å². The highest BCUT2D eigenvalue weighted by Crippen LogP contribution is 2.35. The molecule has 0 aliphatic heterocycles. The van der Waals surface area contributed by atoms with E-state index in [4.69, 9.17) is 9.90 Å². The summed E-state index contributed by atoms with van der Waals surface area (Å²) in [5.74, 6) is -0.0468. The van der Waals surface area contributed by atoms with Gasteiger partial charge in [-0.1, -0.05) is 26.3 Å². The van der Waals surface area contributed by atoms with Crippen LogP contribution in [0.25, 0.3) is 0 Å². The number of nitrogens with zero attached hydrogens (tertiary/aromatic N) is 1. The molecule has 0 unspecified atom stereocenters. The average Bonchev–Trinajstić information content (AvgIpc) is 2.65. The second-order valence-electron chi connectivity index (χ2n) is 7.75. The molecule has 3 N–H and O–H groups in total. The summed E-state index contributed by atoms with van der Waals surface area (Å²) >= 11 is 0. The third-order valence-corrected chi connectivity index (χ3v) is 5.18. The Bertz CT molecular complexity index is 868. The molecule has 0 atom stereocenters. The van der Waals surface area contributed by atoms with Crippen LogP contribution < -0.4 is 10.6 Å². The smallest absolute Gasteiger partial charge is 0.419 e. The molecule has 1 aromatic carbocycles. The Hall–Kier alpha value is -2.68. The van der Waals surface area contributed by atoms with E-state index in [2.05, 4.69) is 15.6 Å². The first-order valence-corrected chi connectivity index (χ1v) is 10.1. The van der Waals surface area contributed by atoms with Crippen molar-refractivity contribution in [3.05, 3.63) is 53.0 Å². The Morgan fingerprint density at radius 1 is 1.29 bits per heavy atom. The molecule has 1 aliphatic carbocycles. The predicted octanol–water partition coefficient (Wildman–Crippen LogP) is 5.70. The van der Waals surface area contributed by atoms with E-state index in [0.29, 0.717) is 12.4 Å². The molecular weight excluding hydrogens is 414 g/mol. The summed E-state index contributed by atoms with van der Waals surface area (Å²) in [6.45, 7) is 5.50. The van der Waals surface area contributed by atoms with Crippen molar-refractivity contribution in [1.29, 1.82) is 0 Å². The number of pyridine rings is 1. The van der Waals surface area contributed by atoms with E-state index >= 15 is 0 Å². The molecule has 0 saturated heterocycles. The fourth-order valence-electron chi connectivity index (χ4n) is 3.35. The molecule has 1 aromatic heterocycles. The van der Waals surface area contributed by atoms with Crippen LogP contribution in [-0.2, 0) is 17.5 Å². The van der Waals surface area contributed by atoms with Crippen LogP contribution in [0.1, 0.15) is 55.7 Å². The highest BCUT2D eigenvalue weighted by Gasteiger charge is 2.35. The van der Waals surface area contributed by atoms with Gasteiger partial charge >= 0.3 is 6.18 Å². The number of nitrogens with one attached hydrogen (secondary N) is 2. The molecule has 3 rings (SSSR count). The summed E-state index contributed by atoms with van der Waals surface area (Å²) in [5, 5.41) is 13.0. The standard InChI is InChI=1S/C21H25F4N3.CH2O2/c1-13(2)16-9-19(27-12-15(16)11-26-10-14-5-3-6-14)28-18-8-4-7-17(20(18)22)21(23,24)25;2-1-3/h4,7-9,12-14,26H,3,5-6,10-11H2,1-2H3,(H,27,28);1H,(H,2,3). The molecule has 0 amide bonds. The van der Waals surface area contributed by atoms with Gasteiger partial charge in [-0.15, -0.1) is 0 Å². The van der Waals surface area contributed by atoms with E-state index in [9.17, 15) is 17.6 Å². The first kappa shape index (κ1) is 24.6. The first-order chi connectivity index (χ1) is 14.7. The van der Waals surface area contributed by atoms with Crippen molar-refractivity contribution in [2.45, 2.75) is 51.7 Å². The number of hydrogen-bond acceptors (Lipinski definition) is 4. The molecule has 1 aliphatic rings. The van der Waals surface area contributed by atoms with Crippen LogP contribution in [0.4, 0.5) is 29.1 Å². The van der Waals surface area contributed by atoms with Crippen LogP contribution in [0, 0.1) is 11.7 Å². The van der Waals surface area contributed by atoms with E-state index in [0.717, 1.165) is 29.7 Å². The van der Waals surface area contributed by atoms with E-state index in [1.807, 2.05) is 13.8 Å². The monoisotopic (exact) mass is 441 g/mol. The average molecular weight is 441 g/mol. The van der Waals surface area contributed by atoms with Gasteiger partial charge in [0.25, 0.3) is 6.47 Å². The van der Waals surface area contributed by atoms with Crippen LogP contribution in [0.2, 0.25) is 0 Å². The lowest BCUT2D eigenvalue weighted by molar-refractivity contribution is -0.139. The highest BCUT2D eigenvalue weighted by atomic mass is 19.4. The number of carbonyl (C=O) groups is 1. The topological polar surface area (TPSA) is 74.2 Å². The van der Waals surface area contributed by atoms with E-state index in [1.165, 1.54) is 31.4 Å². The molecule has 0 spiro atoms. The van der Waals surface area contributed by atoms with Gasteiger partial charge in [0, 0.05) is 12.7 Å². The number of alkyl halides is 3. The second kappa shape index (κ2) is 11.1. The lowest BCUT2D eigenvalue weighted by Crippen LogP contribution is -2.27. The van der Waals surface area contributed by atoms with Crippen molar-refractivity contribution < 1.29 is 27.5 Å². The number of hydrogen-bond donors (Lipinski definition) is 3. The number of halogens is 4. The zero-order chi connectivity index (χ0) is 23.0. The Kier molecular flexibility index (Phi) is 8.79. The maximum Gasteiger partial charge on any atom is 0.419 e. The molecule has 5 nitrogen and oxygen atoms in total. The Morgan fingerprint density at radius 3 is 2.52 bits per heavy atom. The van der Waals surface area contributed by atoms with Gasteiger partial charge in [-0.3, -0.25) is 4.79 Å². The van der Waals surface area contributed by atoms with Gasteiger partial charge in [-0.05, 0) is 60.5 Å². The van der Waals surface area contributed by atoms with Crippen molar-refractivity contribution >= 4 is 18.0 Å². The van der Waals surface area contributed by atoms with Crippen LogP contribution in [0.3, 0.4) is 0 Å². The molecule has 0 radical (unpaired) electrons. The minimum absolute atomic E-state index is 0.204. The third-order valence-electron chi connectivity index (χ3n) is 5.18. The molecule has 0 bridgehead atoms. The van der Waals surface area contributed by atoms with Crippen LogP contribution in [0.15, 0.2) is 30.5 Å². The quantitative estimate of drug-likeness (QED) is 0.380. The lowest BCUT2D eigenvalue weighted by Gasteiger charge is -2.26. The molecular formula is C22H27F4N3O2. The summed E-state index contributed by atoms with van der Waals surface area (Å²) in [6, 6.07) is 4.96. The zero-order valence-electron chi connectivity index (χ0n) is 17.5. The van der Waals surface area contributed by atoms with E-state index in [-0.39, 0.29) is 18.1 Å². The Labute approximate surface area is 178 Å². The largest absolute Gasteiger partial charge is 0.483 e. The van der Waals surface area contributed by atoms with Gasteiger partial charge in [0.15, 0.2) is 5.82 Å². The summed E-state index contributed by atoms with van der Waals surface area (Å²) in [4.78, 5) is 12.6. The Balaban J connectivity index is 0.00000107. The zero-order valence-corrected chi connectivity index (χ0v) is 17.5. The van der Waals surface area contributed by atoms with Crippen LogP contribution >= 0.6 is 0 Å². The van der Waals surface area contributed by atoms with Gasteiger partial charge < -0.3 is 15.7 Å². The fourth-order valence-corrected chi connectivity index (χ4v) is 3.35. The first-order valence-electron chi connectivity index (χ1n) is 10.1. The number of aromatic nitrogens is 1. The van der Waals surface area contributed by atoms with Gasteiger partial charge in [0.05, 0.1) is 11.3 Å². The molecule has 9 heteroatoms. The van der Waals surface area contributed by atoms with Crippen LogP contribution in [0.5, 0.6) is 0 Å². The highest BCUT2D eigenvalue weighted by molar-refractivity contribution is 5.59. The van der Waals surface area contributed by atoms with Crippen LogP contribution in [-0.4, -0.2) is 23.1 Å². The predicted molar refractivity (Wildman–Crippen MR) is 111 cm³/mol. The number of rotatable bonds is 7. The molecule has 31 heavy (non-hydrogen) atoms. The van der Waals surface area contributed by atoms with Crippen molar-refractivity contribution in [2.75, 3.05) is 11.9 Å². The molecule has 1 saturated carbocycles. The van der Waals surface area contributed by atoms with E-state index < -0.39 is 17.6 Å². The summed E-state index contributed by atoms with van der Waals surface area (Å²) in [6.07, 6.45) is 0.810. The number of anilines is 2. The maximum absolute atomic E-state index is 14.3. The molecule has 170 valence electrons. The minimum Gasteiger partial charge on any atom is -0.483 e. The molecule has 2 aromatic rings. The number of carboxylic acid groups (broad SMARTS) is 1. The summed E-state index contributed by atoms with van der Waals surface area (Å²) in [7, 11) is 0. The third kappa shape index (κ3) is 6.92. The van der Waals surface area contributed by atoms with Gasteiger partial charge in [0.1, 0.15) is 5.82 Å². The fraction of sp³-hybridized carbons (Fsp3) is 0.455. The van der Waals surface area contributed by atoms with E-state index in [1.54, 1.807) is 12.3 Å².